The van der Waals surface area contributed by atoms with Gasteiger partial charge in [-0.25, -0.2) is 5.48 Å². The minimum atomic E-state index is -0.369. The van der Waals surface area contributed by atoms with Crippen molar-refractivity contribution in [2.24, 2.45) is 0 Å². The zero-order chi connectivity index (χ0) is 20.5. The van der Waals surface area contributed by atoms with E-state index in [1.165, 1.54) is 22.2 Å². The number of fused-ring (bicyclic) bond motifs is 1. The van der Waals surface area contributed by atoms with Gasteiger partial charge in [0, 0.05) is 36.2 Å². The number of benzene rings is 2. The van der Waals surface area contributed by atoms with Gasteiger partial charge >= 0.3 is 0 Å². The lowest BCUT2D eigenvalue weighted by Crippen LogP contribution is -2.18. The molecule has 0 unspecified atom stereocenters. The van der Waals surface area contributed by atoms with E-state index in [-0.39, 0.29) is 18.9 Å². The van der Waals surface area contributed by atoms with E-state index >= 15 is 0 Å². The quantitative estimate of drug-likeness (QED) is 0.196. The van der Waals surface area contributed by atoms with Gasteiger partial charge in [0.05, 0.1) is 0 Å². The van der Waals surface area contributed by atoms with Crippen molar-refractivity contribution < 1.29 is 15.1 Å². The van der Waals surface area contributed by atoms with Gasteiger partial charge < -0.3 is 15.4 Å². The summed E-state index contributed by atoms with van der Waals surface area (Å²) in [5.74, 6) is -0.369. The number of nitrogens with one attached hydrogen (secondary N) is 3. The first-order valence-corrected chi connectivity index (χ1v) is 10.1. The van der Waals surface area contributed by atoms with Crippen molar-refractivity contribution >= 4 is 16.8 Å². The highest BCUT2D eigenvalue weighted by molar-refractivity contribution is 5.84. The highest BCUT2D eigenvalue weighted by Crippen LogP contribution is 2.23. The van der Waals surface area contributed by atoms with Crippen LogP contribution in [0.5, 0.6) is 0 Å². The summed E-state index contributed by atoms with van der Waals surface area (Å²) in [4.78, 5) is 14.6. The van der Waals surface area contributed by atoms with Crippen LogP contribution in [0.25, 0.3) is 10.9 Å². The first-order valence-electron chi connectivity index (χ1n) is 10.1. The van der Waals surface area contributed by atoms with Crippen LogP contribution >= 0.6 is 0 Å². The number of H-pyrrole nitrogens is 1. The Hall–Kier alpha value is -2.67. The number of para-hydroxylation sites is 1. The Morgan fingerprint density at radius 2 is 1.72 bits per heavy atom. The lowest BCUT2D eigenvalue weighted by atomic mass is 10.0. The smallest absolute Gasteiger partial charge is 0.243 e. The number of aromatic amines is 1. The number of carbonyl (C=O) groups is 1. The van der Waals surface area contributed by atoms with Gasteiger partial charge in [0.1, 0.15) is 0 Å². The predicted octanol–water partition coefficient (Wildman–Crippen LogP) is 2.86. The SMILES string of the molecule is O=C(CCc1ccc(CNCCc2c(CCCO)[nH]c3ccccc23)cc1)NO. The third-order valence-electron chi connectivity index (χ3n) is 5.16. The Balaban J connectivity index is 1.52. The van der Waals surface area contributed by atoms with E-state index in [1.807, 2.05) is 18.2 Å². The number of rotatable bonds is 11. The lowest BCUT2D eigenvalue weighted by Gasteiger charge is -2.08. The summed E-state index contributed by atoms with van der Waals surface area (Å²) in [6.07, 6.45) is 3.43. The number of hydroxylamine groups is 1. The second-order valence-electron chi connectivity index (χ2n) is 7.23. The number of hydrogen-bond donors (Lipinski definition) is 5. The molecule has 3 aromatic rings. The molecule has 1 heterocycles. The van der Waals surface area contributed by atoms with Crippen LogP contribution in [0.1, 0.15) is 35.2 Å². The van der Waals surface area contributed by atoms with Crippen LogP contribution in [0, 0.1) is 0 Å². The number of hydrogen-bond acceptors (Lipinski definition) is 4. The van der Waals surface area contributed by atoms with Gasteiger partial charge in [-0.2, -0.15) is 0 Å². The molecule has 2 aromatic carbocycles. The summed E-state index contributed by atoms with van der Waals surface area (Å²) in [6, 6.07) is 16.5. The molecule has 1 amide bonds. The van der Waals surface area contributed by atoms with Gasteiger partial charge in [-0.3, -0.25) is 10.0 Å². The number of aliphatic hydroxyl groups excluding tert-OH is 1. The molecule has 0 spiro atoms. The van der Waals surface area contributed by atoms with Crippen LogP contribution in [0.4, 0.5) is 0 Å². The van der Waals surface area contributed by atoms with E-state index in [4.69, 9.17) is 10.3 Å². The summed E-state index contributed by atoms with van der Waals surface area (Å²) in [6.45, 7) is 1.85. The van der Waals surface area contributed by atoms with Crippen LogP contribution in [-0.2, 0) is 30.6 Å². The minimum Gasteiger partial charge on any atom is -0.396 e. The van der Waals surface area contributed by atoms with E-state index in [1.54, 1.807) is 5.48 Å². The fourth-order valence-electron chi connectivity index (χ4n) is 3.59. The standard InChI is InChI=1S/C23H29N3O3/c27-15-3-6-22-20(19-4-1-2-5-21(19)25-22)13-14-24-16-18-9-7-17(8-10-18)11-12-23(28)26-29/h1-2,4-5,7-10,24-25,27,29H,3,6,11-16H2,(H,26,28). The normalized spacial score (nSPS) is 11.1. The molecule has 29 heavy (non-hydrogen) atoms. The van der Waals surface area contributed by atoms with Gasteiger partial charge in [0.25, 0.3) is 0 Å². The van der Waals surface area contributed by atoms with Crippen molar-refractivity contribution in [3.63, 3.8) is 0 Å². The molecule has 5 N–H and O–H groups in total. The molecule has 154 valence electrons. The van der Waals surface area contributed by atoms with E-state index in [0.717, 1.165) is 43.4 Å². The molecule has 1 aromatic heterocycles. The molecule has 0 saturated carbocycles. The predicted molar refractivity (Wildman–Crippen MR) is 114 cm³/mol. The topological polar surface area (TPSA) is 97.4 Å². The molecule has 0 aliphatic carbocycles. The highest BCUT2D eigenvalue weighted by atomic mass is 16.5. The van der Waals surface area contributed by atoms with E-state index in [9.17, 15) is 4.79 Å². The van der Waals surface area contributed by atoms with Gasteiger partial charge in [-0.05, 0) is 55.0 Å². The van der Waals surface area contributed by atoms with Crippen LogP contribution in [0.15, 0.2) is 48.5 Å². The molecule has 6 heteroatoms. The molecule has 0 saturated heterocycles. The number of aliphatic hydroxyl groups is 1. The fourth-order valence-corrected chi connectivity index (χ4v) is 3.59. The van der Waals surface area contributed by atoms with Crippen molar-refractivity contribution in [2.45, 2.75) is 38.6 Å². The second-order valence-corrected chi connectivity index (χ2v) is 7.23. The van der Waals surface area contributed by atoms with Crippen LogP contribution in [0.2, 0.25) is 0 Å². The monoisotopic (exact) mass is 395 g/mol. The molecule has 0 fully saturated rings. The third-order valence-corrected chi connectivity index (χ3v) is 5.16. The van der Waals surface area contributed by atoms with Crippen molar-refractivity contribution in [3.8, 4) is 0 Å². The summed E-state index contributed by atoms with van der Waals surface area (Å²) < 4.78 is 0. The summed E-state index contributed by atoms with van der Waals surface area (Å²) in [5.41, 5.74) is 7.63. The highest BCUT2D eigenvalue weighted by Gasteiger charge is 2.10. The van der Waals surface area contributed by atoms with Gasteiger partial charge in [0.2, 0.25) is 5.91 Å². The summed E-state index contributed by atoms with van der Waals surface area (Å²) in [5, 5.41) is 22.5. The first-order chi connectivity index (χ1) is 14.2. The van der Waals surface area contributed by atoms with Crippen molar-refractivity contribution in [3.05, 3.63) is 70.9 Å². The largest absolute Gasteiger partial charge is 0.396 e. The Morgan fingerprint density at radius 1 is 0.966 bits per heavy atom. The maximum atomic E-state index is 11.1. The molecule has 0 radical (unpaired) electrons. The first kappa shape index (κ1) is 21.0. The molecule has 0 bridgehead atoms. The number of aromatic nitrogens is 1. The number of carbonyl (C=O) groups excluding carboxylic acids is 1. The maximum Gasteiger partial charge on any atom is 0.243 e. The molecular weight excluding hydrogens is 366 g/mol. The zero-order valence-electron chi connectivity index (χ0n) is 16.6. The van der Waals surface area contributed by atoms with E-state index < -0.39 is 0 Å². The lowest BCUT2D eigenvalue weighted by molar-refractivity contribution is -0.129. The molecular formula is C23H29N3O3. The average molecular weight is 396 g/mol. The summed E-state index contributed by atoms with van der Waals surface area (Å²) >= 11 is 0. The Morgan fingerprint density at radius 3 is 2.48 bits per heavy atom. The van der Waals surface area contributed by atoms with Gasteiger partial charge in [-0.15, -0.1) is 0 Å². The average Bonchev–Trinajstić information content (AvgIpc) is 3.11. The van der Waals surface area contributed by atoms with Crippen molar-refractivity contribution in [2.75, 3.05) is 13.2 Å². The Bertz CT molecular complexity index is 919. The van der Waals surface area contributed by atoms with Crippen LogP contribution in [0.3, 0.4) is 0 Å². The Labute approximate surface area is 170 Å². The minimum absolute atomic E-state index is 0.202. The van der Waals surface area contributed by atoms with Gasteiger partial charge in [-0.1, -0.05) is 42.5 Å². The Kier molecular flexibility index (Phi) is 7.81. The second kappa shape index (κ2) is 10.8. The molecule has 3 rings (SSSR count). The fraction of sp³-hybridized carbons (Fsp3) is 0.348. The van der Waals surface area contributed by atoms with Gasteiger partial charge in [0.15, 0.2) is 0 Å². The number of aryl methyl sites for hydroxylation is 2. The third kappa shape index (κ3) is 5.90. The van der Waals surface area contributed by atoms with Crippen LogP contribution < -0.4 is 10.8 Å². The van der Waals surface area contributed by atoms with Crippen molar-refractivity contribution in [1.82, 2.24) is 15.8 Å². The summed E-state index contributed by atoms with van der Waals surface area (Å²) in [7, 11) is 0. The van der Waals surface area contributed by atoms with E-state index in [0.29, 0.717) is 6.42 Å². The van der Waals surface area contributed by atoms with E-state index in [2.05, 4.69) is 40.6 Å². The maximum absolute atomic E-state index is 11.1. The molecule has 0 aliphatic rings. The molecule has 6 nitrogen and oxygen atoms in total. The molecule has 0 atom stereocenters. The van der Waals surface area contributed by atoms with Crippen molar-refractivity contribution in [1.29, 1.82) is 0 Å². The zero-order valence-corrected chi connectivity index (χ0v) is 16.6. The van der Waals surface area contributed by atoms with Crippen LogP contribution in [-0.4, -0.2) is 34.4 Å². The molecule has 0 aliphatic heterocycles. The number of amides is 1.